The first-order valence-electron chi connectivity index (χ1n) is 9.55. The SMILES string of the molecule is COc1ccc(CN(C)c2ncnc3cc(-c4ccc(F)cc4)sc23)c(OC)c1OC. The van der Waals surface area contributed by atoms with Gasteiger partial charge in [-0.2, -0.15) is 0 Å². The fourth-order valence-corrected chi connectivity index (χ4v) is 4.65. The summed E-state index contributed by atoms with van der Waals surface area (Å²) in [4.78, 5) is 12.0. The number of halogens is 1. The number of nitrogens with zero attached hydrogens (tertiary/aromatic N) is 3. The molecule has 0 unspecified atom stereocenters. The van der Waals surface area contributed by atoms with Gasteiger partial charge in [-0.3, -0.25) is 0 Å². The van der Waals surface area contributed by atoms with Gasteiger partial charge in [0.15, 0.2) is 11.5 Å². The molecule has 2 aromatic carbocycles. The lowest BCUT2D eigenvalue weighted by Gasteiger charge is -2.21. The molecule has 8 heteroatoms. The molecule has 2 heterocycles. The molecule has 4 aromatic rings. The lowest BCUT2D eigenvalue weighted by atomic mass is 10.1. The van der Waals surface area contributed by atoms with E-state index >= 15 is 0 Å². The van der Waals surface area contributed by atoms with Gasteiger partial charge in [0, 0.05) is 24.0 Å². The Balaban J connectivity index is 1.70. The summed E-state index contributed by atoms with van der Waals surface area (Å²) in [5.41, 5.74) is 2.73. The maximum Gasteiger partial charge on any atom is 0.203 e. The molecule has 0 radical (unpaired) electrons. The van der Waals surface area contributed by atoms with E-state index in [1.54, 1.807) is 51.1 Å². The van der Waals surface area contributed by atoms with Gasteiger partial charge in [0.2, 0.25) is 5.75 Å². The quantitative estimate of drug-likeness (QED) is 0.397. The molecule has 0 N–H and O–H groups in total. The molecule has 0 bridgehead atoms. The molecule has 0 fully saturated rings. The summed E-state index contributed by atoms with van der Waals surface area (Å²) < 4.78 is 30.7. The number of anilines is 1. The zero-order valence-electron chi connectivity index (χ0n) is 17.7. The predicted octanol–water partition coefficient (Wildman–Crippen LogP) is 5.16. The molecule has 0 spiro atoms. The molecular formula is C23H22FN3O3S. The maximum absolute atomic E-state index is 13.3. The summed E-state index contributed by atoms with van der Waals surface area (Å²) in [6, 6.07) is 12.3. The van der Waals surface area contributed by atoms with Crippen LogP contribution in [0.3, 0.4) is 0 Å². The third-order valence-corrected chi connectivity index (χ3v) is 6.15. The number of aromatic nitrogens is 2. The van der Waals surface area contributed by atoms with Gasteiger partial charge in [-0.25, -0.2) is 14.4 Å². The van der Waals surface area contributed by atoms with Crippen molar-refractivity contribution >= 4 is 27.4 Å². The van der Waals surface area contributed by atoms with Gasteiger partial charge in [-0.05, 0) is 35.9 Å². The molecule has 0 atom stereocenters. The lowest BCUT2D eigenvalue weighted by molar-refractivity contribution is 0.322. The number of hydrogen-bond donors (Lipinski definition) is 0. The largest absolute Gasteiger partial charge is 0.493 e. The molecule has 4 rings (SSSR count). The van der Waals surface area contributed by atoms with Crippen molar-refractivity contribution in [1.29, 1.82) is 0 Å². The van der Waals surface area contributed by atoms with E-state index in [1.807, 2.05) is 30.1 Å². The summed E-state index contributed by atoms with van der Waals surface area (Å²) >= 11 is 1.58. The molecule has 0 aliphatic heterocycles. The van der Waals surface area contributed by atoms with Gasteiger partial charge in [0.25, 0.3) is 0 Å². The zero-order valence-corrected chi connectivity index (χ0v) is 18.5. The monoisotopic (exact) mass is 439 g/mol. The van der Waals surface area contributed by atoms with Gasteiger partial charge in [0.1, 0.15) is 18.0 Å². The number of benzene rings is 2. The fraction of sp³-hybridized carbons (Fsp3) is 0.217. The predicted molar refractivity (Wildman–Crippen MR) is 121 cm³/mol. The first-order chi connectivity index (χ1) is 15.0. The average Bonchev–Trinajstić information content (AvgIpc) is 3.23. The minimum atomic E-state index is -0.256. The summed E-state index contributed by atoms with van der Waals surface area (Å²) in [5.74, 6) is 2.34. The van der Waals surface area contributed by atoms with Crippen molar-refractivity contribution in [3.8, 4) is 27.7 Å². The molecule has 0 amide bonds. The second-order valence-electron chi connectivity index (χ2n) is 6.88. The van der Waals surface area contributed by atoms with Crippen molar-refractivity contribution in [2.45, 2.75) is 6.54 Å². The van der Waals surface area contributed by atoms with E-state index in [1.165, 1.54) is 12.1 Å². The van der Waals surface area contributed by atoms with Crippen LogP contribution in [0.2, 0.25) is 0 Å². The molecule has 0 saturated heterocycles. The molecule has 31 heavy (non-hydrogen) atoms. The number of fused-ring (bicyclic) bond motifs is 1. The first-order valence-corrected chi connectivity index (χ1v) is 10.4. The van der Waals surface area contributed by atoms with Crippen molar-refractivity contribution in [2.75, 3.05) is 33.3 Å². The number of ether oxygens (including phenoxy) is 3. The summed E-state index contributed by atoms with van der Waals surface area (Å²) in [6.45, 7) is 0.541. The van der Waals surface area contributed by atoms with Crippen molar-refractivity contribution in [3.05, 3.63) is 60.2 Å². The van der Waals surface area contributed by atoms with Crippen LogP contribution in [0.4, 0.5) is 10.2 Å². The number of methoxy groups -OCH3 is 3. The van der Waals surface area contributed by atoms with Crippen LogP contribution >= 0.6 is 11.3 Å². The Bertz CT molecular complexity index is 1210. The zero-order chi connectivity index (χ0) is 22.0. The minimum Gasteiger partial charge on any atom is -0.493 e. The highest BCUT2D eigenvalue weighted by Crippen LogP contribution is 2.41. The van der Waals surface area contributed by atoms with Crippen LogP contribution in [-0.2, 0) is 6.54 Å². The van der Waals surface area contributed by atoms with Crippen molar-refractivity contribution in [1.82, 2.24) is 9.97 Å². The third-order valence-electron chi connectivity index (χ3n) is 4.98. The van der Waals surface area contributed by atoms with Gasteiger partial charge < -0.3 is 19.1 Å². The Hall–Kier alpha value is -3.39. The van der Waals surface area contributed by atoms with Crippen molar-refractivity contribution < 1.29 is 18.6 Å². The smallest absolute Gasteiger partial charge is 0.203 e. The maximum atomic E-state index is 13.3. The molecule has 0 aliphatic rings. The molecule has 0 saturated carbocycles. The van der Waals surface area contributed by atoms with Gasteiger partial charge in [0.05, 0.1) is 31.5 Å². The number of rotatable bonds is 7. The fourth-order valence-electron chi connectivity index (χ4n) is 3.49. The summed E-state index contributed by atoms with van der Waals surface area (Å²) in [6.07, 6.45) is 1.56. The Morgan fingerprint density at radius 3 is 2.35 bits per heavy atom. The van der Waals surface area contributed by atoms with E-state index in [4.69, 9.17) is 14.2 Å². The lowest BCUT2D eigenvalue weighted by Crippen LogP contribution is -2.18. The van der Waals surface area contributed by atoms with E-state index in [9.17, 15) is 4.39 Å². The topological polar surface area (TPSA) is 56.7 Å². The van der Waals surface area contributed by atoms with Crippen molar-refractivity contribution in [3.63, 3.8) is 0 Å². The van der Waals surface area contributed by atoms with Gasteiger partial charge >= 0.3 is 0 Å². The van der Waals surface area contributed by atoms with Gasteiger partial charge in [-0.15, -0.1) is 11.3 Å². The van der Waals surface area contributed by atoms with Crippen LogP contribution in [0.25, 0.3) is 20.7 Å². The Morgan fingerprint density at radius 1 is 0.935 bits per heavy atom. The Kier molecular flexibility index (Phi) is 5.90. The van der Waals surface area contributed by atoms with E-state index in [-0.39, 0.29) is 5.82 Å². The van der Waals surface area contributed by atoms with Crippen molar-refractivity contribution in [2.24, 2.45) is 0 Å². The van der Waals surface area contributed by atoms with Crippen LogP contribution in [0.15, 0.2) is 48.8 Å². The van der Waals surface area contributed by atoms with Crippen LogP contribution < -0.4 is 19.1 Å². The number of thiophene rings is 1. The number of hydrogen-bond acceptors (Lipinski definition) is 7. The summed E-state index contributed by atoms with van der Waals surface area (Å²) in [7, 11) is 6.76. The first kappa shape index (κ1) is 20.9. The molecule has 0 aliphatic carbocycles. The Morgan fingerprint density at radius 2 is 1.68 bits per heavy atom. The van der Waals surface area contributed by atoms with Crippen LogP contribution in [0.1, 0.15) is 5.56 Å². The second kappa shape index (κ2) is 8.77. The molecule has 2 aromatic heterocycles. The molecule has 6 nitrogen and oxygen atoms in total. The molecule has 160 valence electrons. The third kappa shape index (κ3) is 3.98. The second-order valence-corrected chi connectivity index (χ2v) is 7.93. The van der Waals surface area contributed by atoms with E-state index < -0.39 is 0 Å². The van der Waals surface area contributed by atoms with Crippen LogP contribution in [0.5, 0.6) is 17.2 Å². The highest BCUT2D eigenvalue weighted by molar-refractivity contribution is 7.22. The van der Waals surface area contributed by atoms with E-state index in [0.717, 1.165) is 32.0 Å². The minimum absolute atomic E-state index is 0.256. The average molecular weight is 440 g/mol. The van der Waals surface area contributed by atoms with E-state index in [0.29, 0.717) is 23.8 Å². The van der Waals surface area contributed by atoms with Crippen LogP contribution in [-0.4, -0.2) is 38.3 Å². The summed E-state index contributed by atoms with van der Waals surface area (Å²) in [5, 5.41) is 0. The van der Waals surface area contributed by atoms with E-state index in [2.05, 4.69) is 9.97 Å². The highest BCUT2D eigenvalue weighted by atomic mass is 32.1. The Labute approximate surface area is 183 Å². The standard InChI is InChI=1S/C23H22FN3O3S/c1-27(12-15-7-10-18(28-2)21(30-4)20(15)29-3)23-22-17(25-13-26-23)11-19(31-22)14-5-8-16(24)9-6-14/h5-11,13H,12H2,1-4H3. The van der Waals surface area contributed by atoms with Crippen LogP contribution in [0, 0.1) is 5.82 Å². The normalized spacial score (nSPS) is 10.9. The molecular weight excluding hydrogens is 417 g/mol. The van der Waals surface area contributed by atoms with Gasteiger partial charge in [-0.1, -0.05) is 12.1 Å². The highest BCUT2D eigenvalue weighted by Gasteiger charge is 2.19.